The van der Waals surface area contributed by atoms with E-state index in [1.54, 1.807) is 0 Å². The Balaban J connectivity index is 1.66. The molecule has 3 nitrogen and oxygen atoms in total. The zero-order chi connectivity index (χ0) is 21.5. The second kappa shape index (κ2) is 9.68. The zero-order valence-corrected chi connectivity index (χ0v) is 18.2. The summed E-state index contributed by atoms with van der Waals surface area (Å²) in [5.41, 5.74) is 0. The SMILES string of the molecule is O=C1C=CC(=O)C(OCCC[PH](c2ccccc2)(c2ccccc2)c2ccccc2)=C1. The molecule has 0 heterocycles. The molecule has 1 aliphatic carbocycles. The van der Waals surface area contributed by atoms with Gasteiger partial charge in [-0.15, -0.1) is 0 Å². The van der Waals surface area contributed by atoms with Crippen LogP contribution >= 0.6 is 7.26 Å². The summed E-state index contributed by atoms with van der Waals surface area (Å²) in [5.74, 6) is -0.327. The van der Waals surface area contributed by atoms with Crippen LogP contribution in [0.1, 0.15) is 6.42 Å². The van der Waals surface area contributed by atoms with Crippen LogP contribution in [0.4, 0.5) is 0 Å². The van der Waals surface area contributed by atoms with Crippen LogP contribution in [0.15, 0.2) is 115 Å². The van der Waals surface area contributed by atoms with Crippen molar-refractivity contribution in [2.45, 2.75) is 6.42 Å². The summed E-state index contributed by atoms with van der Waals surface area (Å²) in [6, 6.07) is 32.1. The topological polar surface area (TPSA) is 43.4 Å². The first-order chi connectivity index (χ1) is 15.2. The van der Waals surface area contributed by atoms with E-state index in [1.807, 2.05) is 18.2 Å². The van der Waals surface area contributed by atoms with Crippen molar-refractivity contribution >= 4 is 34.7 Å². The Morgan fingerprint density at radius 3 is 1.61 bits per heavy atom. The minimum atomic E-state index is -2.31. The number of rotatable bonds is 8. The predicted molar refractivity (Wildman–Crippen MR) is 129 cm³/mol. The maximum atomic E-state index is 12.0. The van der Waals surface area contributed by atoms with Gasteiger partial charge >= 0.3 is 183 Å². The van der Waals surface area contributed by atoms with Gasteiger partial charge in [-0.3, -0.25) is 0 Å². The Morgan fingerprint density at radius 1 is 0.645 bits per heavy atom. The first-order valence-corrected chi connectivity index (χ1v) is 12.7. The number of carbonyl (C=O) groups excluding carboxylic acids is 2. The molecule has 0 amide bonds. The molecular weight excluding hydrogens is 403 g/mol. The van der Waals surface area contributed by atoms with Crippen molar-refractivity contribution in [1.29, 1.82) is 0 Å². The molecule has 3 aromatic carbocycles. The fraction of sp³-hybridized carbons (Fsp3) is 0.111. The second-order valence-corrected chi connectivity index (χ2v) is 11.6. The van der Waals surface area contributed by atoms with E-state index >= 15 is 0 Å². The molecule has 4 heteroatoms. The van der Waals surface area contributed by atoms with Crippen molar-refractivity contribution in [1.82, 2.24) is 0 Å². The van der Waals surface area contributed by atoms with Gasteiger partial charge in [0.2, 0.25) is 0 Å². The molecule has 0 fully saturated rings. The standard InChI is InChI=1S/C27H25O3P/c28-22-17-18-26(29)27(21-22)30-19-10-20-31(23-11-4-1-5-12-23,24-13-6-2-7-14-24)25-15-8-3-9-16-25/h1-9,11-18,21,31H,10,19-20H2. The van der Waals surface area contributed by atoms with E-state index in [0.29, 0.717) is 6.61 Å². The Hall–Kier alpha value is -3.29. The first-order valence-electron chi connectivity index (χ1n) is 10.5. The summed E-state index contributed by atoms with van der Waals surface area (Å²) >= 11 is 0. The molecule has 0 unspecified atom stereocenters. The van der Waals surface area contributed by atoms with Gasteiger partial charge in [0.15, 0.2) is 0 Å². The Bertz CT molecular complexity index is 1010. The number of carbonyl (C=O) groups is 2. The normalized spacial score (nSPS) is 14.3. The summed E-state index contributed by atoms with van der Waals surface area (Å²) < 4.78 is 5.73. The van der Waals surface area contributed by atoms with Crippen LogP contribution in [-0.2, 0) is 14.3 Å². The number of hydrogen-bond acceptors (Lipinski definition) is 3. The summed E-state index contributed by atoms with van der Waals surface area (Å²) in [4.78, 5) is 23.5. The molecule has 31 heavy (non-hydrogen) atoms. The number of ether oxygens (including phenoxy) is 1. The Kier molecular flexibility index (Phi) is 6.54. The molecule has 0 aromatic heterocycles. The van der Waals surface area contributed by atoms with Gasteiger partial charge in [0, 0.05) is 0 Å². The van der Waals surface area contributed by atoms with Crippen molar-refractivity contribution in [3.05, 3.63) is 115 Å². The molecule has 0 radical (unpaired) electrons. The molecule has 4 rings (SSSR count). The third kappa shape index (κ3) is 4.57. The summed E-state index contributed by atoms with van der Waals surface area (Å²) in [6.45, 7) is 0.389. The van der Waals surface area contributed by atoms with Gasteiger partial charge < -0.3 is 0 Å². The van der Waals surface area contributed by atoms with Gasteiger partial charge in [-0.2, -0.15) is 0 Å². The van der Waals surface area contributed by atoms with Gasteiger partial charge in [-0.25, -0.2) is 0 Å². The van der Waals surface area contributed by atoms with Crippen LogP contribution in [-0.4, -0.2) is 24.3 Å². The van der Waals surface area contributed by atoms with E-state index in [9.17, 15) is 9.59 Å². The number of allylic oxidation sites excluding steroid dienone is 3. The fourth-order valence-corrected chi connectivity index (χ4v) is 9.05. The van der Waals surface area contributed by atoms with E-state index in [-0.39, 0.29) is 17.3 Å². The van der Waals surface area contributed by atoms with Crippen molar-refractivity contribution < 1.29 is 14.3 Å². The van der Waals surface area contributed by atoms with Crippen LogP contribution in [0.5, 0.6) is 0 Å². The van der Waals surface area contributed by atoms with Gasteiger partial charge in [-0.05, 0) is 0 Å². The molecule has 0 saturated heterocycles. The van der Waals surface area contributed by atoms with Gasteiger partial charge in [-0.1, -0.05) is 0 Å². The molecule has 156 valence electrons. The summed E-state index contributed by atoms with van der Waals surface area (Å²) in [7, 11) is -2.31. The van der Waals surface area contributed by atoms with Gasteiger partial charge in [0.1, 0.15) is 0 Å². The zero-order valence-electron chi connectivity index (χ0n) is 17.2. The summed E-state index contributed by atoms with van der Waals surface area (Å²) in [5, 5.41) is 4.04. The number of hydrogen-bond donors (Lipinski definition) is 0. The van der Waals surface area contributed by atoms with E-state index in [0.717, 1.165) is 12.6 Å². The van der Waals surface area contributed by atoms with Gasteiger partial charge in [0.25, 0.3) is 0 Å². The minimum absolute atomic E-state index is 0.138. The summed E-state index contributed by atoms with van der Waals surface area (Å²) in [6.07, 6.45) is 5.52. The monoisotopic (exact) mass is 428 g/mol. The molecule has 0 bridgehead atoms. The first kappa shape index (κ1) is 21.0. The molecule has 0 N–H and O–H groups in total. The third-order valence-corrected chi connectivity index (χ3v) is 10.7. The van der Waals surface area contributed by atoms with Crippen LogP contribution < -0.4 is 15.9 Å². The van der Waals surface area contributed by atoms with E-state index in [4.69, 9.17) is 4.74 Å². The van der Waals surface area contributed by atoms with Crippen LogP contribution in [0.25, 0.3) is 0 Å². The van der Waals surface area contributed by atoms with E-state index in [2.05, 4.69) is 72.8 Å². The fourth-order valence-electron chi connectivity index (χ4n) is 4.22. The van der Waals surface area contributed by atoms with E-state index < -0.39 is 7.26 Å². The second-order valence-electron chi connectivity index (χ2n) is 7.56. The van der Waals surface area contributed by atoms with Crippen molar-refractivity contribution in [3.8, 4) is 0 Å². The average Bonchev–Trinajstić information content (AvgIpc) is 2.83. The van der Waals surface area contributed by atoms with Crippen molar-refractivity contribution in [2.24, 2.45) is 0 Å². The van der Waals surface area contributed by atoms with Crippen LogP contribution in [0.2, 0.25) is 0 Å². The van der Waals surface area contributed by atoms with Crippen molar-refractivity contribution in [2.75, 3.05) is 12.8 Å². The van der Waals surface area contributed by atoms with Gasteiger partial charge in [0.05, 0.1) is 0 Å². The number of ketones is 2. The average molecular weight is 428 g/mol. The molecule has 0 atom stereocenters. The van der Waals surface area contributed by atoms with Crippen LogP contribution in [0.3, 0.4) is 0 Å². The predicted octanol–water partition coefficient (Wildman–Crippen LogP) is 3.71. The molecule has 0 aliphatic heterocycles. The van der Waals surface area contributed by atoms with Crippen LogP contribution in [0, 0.1) is 0 Å². The maximum absolute atomic E-state index is 12.0. The molecule has 1 aliphatic rings. The third-order valence-electron chi connectivity index (χ3n) is 5.67. The Labute approximate surface area is 183 Å². The van der Waals surface area contributed by atoms with Crippen molar-refractivity contribution in [3.63, 3.8) is 0 Å². The van der Waals surface area contributed by atoms with E-state index in [1.165, 1.54) is 34.1 Å². The molecule has 0 spiro atoms. The molecule has 0 saturated carbocycles. The Morgan fingerprint density at radius 2 is 1.13 bits per heavy atom. The quantitative estimate of drug-likeness (QED) is 0.312. The molecule has 3 aromatic rings. The molecular formula is C27H25O3P. The number of benzene rings is 3.